The number of hydrogen-bond acceptors (Lipinski definition) is 3. The highest BCUT2D eigenvalue weighted by molar-refractivity contribution is 5.72. The predicted molar refractivity (Wildman–Crippen MR) is 70.3 cm³/mol. The molecule has 3 heteroatoms. The smallest absolute Gasteiger partial charge is 0.308 e. The molecular weight excluding hydrogens is 228 g/mol. The molecule has 2 rings (SSSR count). The van der Waals surface area contributed by atoms with Crippen LogP contribution < -0.4 is 0 Å². The molecule has 3 nitrogen and oxygen atoms in total. The number of rotatable bonds is 5. The van der Waals surface area contributed by atoms with E-state index in [1.165, 1.54) is 25.7 Å². The van der Waals surface area contributed by atoms with Crippen molar-refractivity contribution in [2.45, 2.75) is 76.6 Å². The van der Waals surface area contributed by atoms with Gasteiger partial charge < -0.3 is 9.47 Å². The molecule has 0 aromatic rings. The van der Waals surface area contributed by atoms with Crippen LogP contribution in [0.5, 0.6) is 0 Å². The summed E-state index contributed by atoms with van der Waals surface area (Å²) in [6, 6.07) is 0. The first-order valence-electron chi connectivity index (χ1n) is 7.29. The van der Waals surface area contributed by atoms with Gasteiger partial charge in [-0.1, -0.05) is 44.8 Å². The summed E-state index contributed by atoms with van der Waals surface area (Å²) in [5.41, 5.74) is 0. The summed E-state index contributed by atoms with van der Waals surface area (Å²) < 4.78 is 11.3. The number of esters is 1. The fourth-order valence-corrected chi connectivity index (χ4v) is 2.69. The Hall–Kier alpha value is -0.830. The minimum Gasteiger partial charge on any atom is -0.459 e. The van der Waals surface area contributed by atoms with Gasteiger partial charge in [0.25, 0.3) is 0 Å². The van der Waals surface area contributed by atoms with Crippen molar-refractivity contribution in [1.29, 1.82) is 0 Å². The normalized spacial score (nSPS) is 33.4. The van der Waals surface area contributed by atoms with E-state index in [1.807, 2.05) is 0 Å². The average Bonchev–Trinajstić information content (AvgIpc) is 2.66. The van der Waals surface area contributed by atoms with E-state index in [1.54, 1.807) is 0 Å². The van der Waals surface area contributed by atoms with Crippen LogP contribution in [0, 0.1) is 0 Å². The fourth-order valence-electron chi connectivity index (χ4n) is 2.69. The van der Waals surface area contributed by atoms with E-state index in [4.69, 9.17) is 9.47 Å². The number of unbranched alkanes of at least 4 members (excludes halogenated alkanes) is 3. The number of fused-ring (bicyclic) bond motifs is 1. The van der Waals surface area contributed by atoms with Crippen molar-refractivity contribution in [3.05, 3.63) is 12.2 Å². The van der Waals surface area contributed by atoms with Gasteiger partial charge in [-0.15, -0.1) is 0 Å². The molecule has 0 bridgehead atoms. The lowest BCUT2D eigenvalue weighted by atomic mass is 10.0. The molecule has 18 heavy (non-hydrogen) atoms. The Labute approximate surface area is 110 Å². The van der Waals surface area contributed by atoms with E-state index in [0.29, 0.717) is 6.42 Å². The molecule has 0 spiro atoms. The highest BCUT2D eigenvalue weighted by atomic mass is 16.6. The molecule has 0 aromatic heterocycles. The predicted octanol–water partition coefficient (Wildman–Crippen LogP) is 3.38. The molecule has 3 atom stereocenters. The molecule has 1 fully saturated rings. The Bertz CT molecular complexity index is 298. The number of hydrogen-bond donors (Lipinski definition) is 0. The van der Waals surface area contributed by atoms with Crippen LogP contribution >= 0.6 is 0 Å². The molecule has 0 unspecified atom stereocenters. The van der Waals surface area contributed by atoms with E-state index < -0.39 is 0 Å². The van der Waals surface area contributed by atoms with Gasteiger partial charge in [0.05, 0.1) is 12.5 Å². The van der Waals surface area contributed by atoms with Gasteiger partial charge in [0.15, 0.2) is 0 Å². The average molecular weight is 252 g/mol. The SMILES string of the molecule is CCCCCC[C@@H]1C/C=C\C[C@H]2OC(=O)C[C@@H]2O1. The Kier molecular flexibility index (Phi) is 5.24. The summed E-state index contributed by atoms with van der Waals surface area (Å²) in [6.07, 6.45) is 12.9. The molecule has 0 saturated carbocycles. The molecule has 0 aliphatic carbocycles. The zero-order valence-electron chi connectivity index (χ0n) is 11.3. The van der Waals surface area contributed by atoms with Gasteiger partial charge in [0.2, 0.25) is 0 Å². The Balaban J connectivity index is 1.81. The van der Waals surface area contributed by atoms with Gasteiger partial charge in [-0.2, -0.15) is 0 Å². The summed E-state index contributed by atoms with van der Waals surface area (Å²) in [4.78, 5) is 11.3. The van der Waals surface area contributed by atoms with Gasteiger partial charge in [0, 0.05) is 6.42 Å². The Morgan fingerprint density at radius 2 is 2.00 bits per heavy atom. The monoisotopic (exact) mass is 252 g/mol. The molecule has 2 heterocycles. The maximum Gasteiger partial charge on any atom is 0.308 e. The molecule has 0 aromatic carbocycles. The van der Waals surface area contributed by atoms with Crippen molar-refractivity contribution in [3.63, 3.8) is 0 Å². The first-order chi connectivity index (χ1) is 8.79. The molecule has 0 radical (unpaired) electrons. The summed E-state index contributed by atoms with van der Waals surface area (Å²) in [5.74, 6) is -0.106. The maximum absolute atomic E-state index is 11.3. The first kappa shape index (κ1) is 13.6. The van der Waals surface area contributed by atoms with Crippen molar-refractivity contribution in [1.82, 2.24) is 0 Å². The second-order valence-electron chi connectivity index (χ2n) is 5.32. The summed E-state index contributed by atoms with van der Waals surface area (Å²) >= 11 is 0. The van der Waals surface area contributed by atoms with E-state index in [2.05, 4.69) is 19.1 Å². The molecule has 102 valence electrons. The zero-order chi connectivity index (χ0) is 12.8. The third-order valence-corrected chi connectivity index (χ3v) is 3.75. The largest absolute Gasteiger partial charge is 0.459 e. The van der Waals surface area contributed by atoms with Gasteiger partial charge in [0.1, 0.15) is 12.2 Å². The van der Waals surface area contributed by atoms with Crippen LogP contribution in [0.15, 0.2) is 12.2 Å². The zero-order valence-corrected chi connectivity index (χ0v) is 11.3. The van der Waals surface area contributed by atoms with Crippen LogP contribution in [0.4, 0.5) is 0 Å². The highest BCUT2D eigenvalue weighted by Crippen LogP contribution is 2.27. The molecule has 0 N–H and O–H groups in total. The standard InChI is InChI=1S/C15H24O3/c1-2-3-4-5-8-12-9-6-7-10-13-14(17-12)11-15(16)18-13/h6-7,12-14H,2-5,8-11H2,1H3/b7-6-/t12-,13-,14+/m1/s1. The van der Waals surface area contributed by atoms with Crippen LogP contribution in [-0.2, 0) is 14.3 Å². The molecule has 0 amide bonds. The second-order valence-corrected chi connectivity index (χ2v) is 5.32. The van der Waals surface area contributed by atoms with Crippen molar-refractivity contribution in [2.24, 2.45) is 0 Å². The van der Waals surface area contributed by atoms with Crippen molar-refractivity contribution in [3.8, 4) is 0 Å². The van der Waals surface area contributed by atoms with Gasteiger partial charge in [-0.05, 0) is 12.8 Å². The first-order valence-corrected chi connectivity index (χ1v) is 7.29. The molecule has 1 saturated heterocycles. The van der Waals surface area contributed by atoms with Crippen LogP contribution in [-0.4, -0.2) is 24.3 Å². The number of carbonyl (C=O) groups is 1. The van der Waals surface area contributed by atoms with Crippen LogP contribution in [0.25, 0.3) is 0 Å². The van der Waals surface area contributed by atoms with Crippen LogP contribution in [0.2, 0.25) is 0 Å². The van der Waals surface area contributed by atoms with Crippen molar-refractivity contribution < 1.29 is 14.3 Å². The second kappa shape index (κ2) is 6.93. The molecule has 2 aliphatic heterocycles. The van der Waals surface area contributed by atoms with Crippen molar-refractivity contribution >= 4 is 5.97 Å². The van der Waals surface area contributed by atoms with Gasteiger partial charge in [-0.3, -0.25) is 4.79 Å². The Morgan fingerprint density at radius 3 is 2.83 bits per heavy atom. The molecular formula is C15H24O3. The van der Waals surface area contributed by atoms with Crippen LogP contribution in [0.3, 0.4) is 0 Å². The van der Waals surface area contributed by atoms with Crippen LogP contribution in [0.1, 0.15) is 58.3 Å². The van der Waals surface area contributed by atoms with E-state index in [-0.39, 0.29) is 24.3 Å². The van der Waals surface area contributed by atoms with Gasteiger partial charge >= 0.3 is 5.97 Å². The third-order valence-electron chi connectivity index (χ3n) is 3.75. The summed E-state index contributed by atoms with van der Waals surface area (Å²) in [6.45, 7) is 2.22. The van der Waals surface area contributed by atoms with E-state index in [0.717, 1.165) is 19.3 Å². The van der Waals surface area contributed by atoms with Gasteiger partial charge in [-0.25, -0.2) is 0 Å². The lowest BCUT2D eigenvalue weighted by Gasteiger charge is -2.25. The van der Waals surface area contributed by atoms with E-state index >= 15 is 0 Å². The topological polar surface area (TPSA) is 35.5 Å². The minimum atomic E-state index is -0.106. The third kappa shape index (κ3) is 3.84. The fraction of sp³-hybridized carbons (Fsp3) is 0.800. The quantitative estimate of drug-likeness (QED) is 0.427. The summed E-state index contributed by atoms with van der Waals surface area (Å²) in [5, 5.41) is 0. The molecule has 2 aliphatic rings. The Morgan fingerprint density at radius 1 is 1.17 bits per heavy atom. The minimum absolute atomic E-state index is 0.0152. The lowest BCUT2D eigenvalue weighted by molar-refractivity contribution is -0.142. The number of carbonyl (C=O) groups excluding carboxylic acids is 1. The number of ether oxygens (including phenoxy) is 2. The summed E-state index contributed by atoms with van der Waals surface area (Å²) in [7, 11) is 0. The lowest BCUT2D eigenvalue weighted by Crippen LogP contribution is -2.30. The van der Waals surface area contributed by atoms with Crippen molar-refractivity contribution in [2.75, 3.05) is 0 Å². The maximum atomic E-state index is 11.3. The highest BCUT2D eigenvalue weighted by Gasteiger charge is 2.36. The van der Waals surface area contributed by atoms with E-state index in [9.17, 15) is 4.79 Å².